The number of rotatable bonds is 3. The van der Waals surface area contributed by atoms with Crippen molar-refractivity contribution < 1.29 is 22.4 Å². The highest BCUT2D eigenvalue weighted by molar-refractivity contribution is 7.62. The predicted molar refractivity (Wildman–Crippen MR) is 47.6 cm³/mol. The lowest BCUT2D eigenvalue weighted by Crippen LogP contribution is -2.09. The van der Waals surface area contributed by atoms with Gasteiger partial charge in [-0.15, -0.1) is 0 Å². The van der Waals surface area contributed by atoms with Crippen molar-refractivity contribution in [3.63, 3.8) is 0 Å². The van der Waals surface area contributed by atoms with E-state index in [-0.39, 0.29) is 5.30 Å². The Labute approximate surface area is 80.2 Å². The van der Waals surface area contributed by atoms with E-state index < -0.39 is 19.2 Å². The molecule has 3 nitrogen and oxygen atoms in total. The average molecular weight is 222 g/mol. The van der Waals surface area contributed by atoms with E-state index in [1.54, 1.807) is 0 Å². The number of halogens is 2. The molecule has 6 heteroatoms. The third kappa shape index (κ3) is 2.18. The summed E-state index contributed by atoms with van der Waals surface area (Å²) in [6, 6.07) is 2.51. The Morgan fingerprint density at radius 3 is 1.86 bits per heavy atom. The van der Waals surface area contributed by atoms with Crippen LogP contribution in [0.5, 0.6) is 0 Å². The van der Waals surface area contributed by atoms with E-state index in [1.165, 1.54) is 0 Å². The van der Waals surface area contributed by atoms with Crippen LogP contribution in [0.4, 0.5) is 8.78 Å². The maximum absolute atomic E-state index is 12.8. The zero-order valence-electron chi connectivity index (χ0n) is 7.66. The van der Waals surface area contributed by atoms with Crippen LogP contribution in [0.25, 0.3) is 0 Å². The topological polar surface area (TPSA) is 35.5 Å². The summed E-state index contributed by atoms with van der Waals surface area (Å²) >= 11 is 0. The van der Waals surface area contributed by atoms with Crippen LogP contribution in [0.3, 0.4) is 0 Å². The molecule has 0 aliphatic heterocycles. The van der Waals surface area contributed by atoms with Crippen LogP contribution >= 0.6 is 7.60 Å². The van der Waals surface area contributed by atoms with Crippen molar-refractivity contribution >= 4 is 12.9 Å². The molecule has 1 aromatic carbocycles. The summed E-state index contributed by atoms with van der Waals surface area (Å²) in [5.41, 5.74) is 0. The Kier molecular flexibility index (Phi) is 3.37. The first kappa shape index (κ1) is 11.3. The number of hydrogen-bond donors (Lipinski definition) is 0. The van der Waals surface area contributed by atoms with E-state index in [0.29, 0.717) is 6.07 Å². The SMILES string of the molecule is COP(=O)(OC)c1cc(F)cc(F)c1. The lowest BCUT2D eigenvalue weighted by molar-refractivity contribution is 0.287. The highest BCUT2D eigenvalue weighted by Gasteiger charge is 2.25. The van der Waals surface area contributed by atoms with Crippen molar-refractivity contribution in [3.05, 3.63) is 29.8 Å². The monoisotopic (exact) mass is 222 g/mol. The van der Waals surface area contributed by atoms with Gasteiger partial charge in [0.15, 0.2) is 0 Å². The van der Waals surface area contributed by atoms with E-state index in [1.807, 2.05) is 0 Å². The minimum Gasteiger partial charge on any atom is -0.309 e. The van der Waals surface area contributed by atoms with Gasteiger partial charge in [-0.05, 0) is 12.1 Å². The van der Waals surface area contributed by atoms with Crippen molar-refractivity contribution in [2.75, 3.05) is 14.2 Å². The molecule has 0 radical (unpaired) electrons. The standard InChI is InChI=1S/C8H9F2O3P/c1-12-14(11,13-2)8-4-6(9)3-7(10)5-8/h3-5H,1-2H3. The molecule has 0 spiro atoms. The predicted octanol–water partition coefficient (Wildman–Crippen LogP) is 2.08. The van der Waals surface area contributed by atoms with Crippen molar-refractivity contribution in [1.29, 1.82) is 0 Å². The molecule has 0 saturated carbocycles. The minimum absolute atomic E-state index is 0.139. The summed E-state index contributed by atoms with van der Waals surface area (Å²) in [7, 11) is -1.28. The van der Waals surface area contributed by atoms with Crippen molar-refractivity contribution in [1.82, 2.24) is 0 Å². The molecule has 0 saturated heterocycles. The molecule has 0 aliphatic carbocycles. The molecule has 0 N–H and O–H groups in total. The summed E-state index contributed by atoms with van der Waals surface area (Å²) in [6.45, 7) is 0. The average Bonchev–Trinajstić information content (AvgIpc) is 2.15. The Morgan fingerprint density at radius 1 is 1.07 bits per heavy atom. The summed E-state index contributed by atoms with van der Waals surface area (Å²) < 4.78 is 46.4. The maximum atomic E-state index is 12.8. The maximum Gasteiger partial charge on any atom is 0.361 e. The second-order valence-corrected chi connectivity index (χ2v) is 4.73. The van der Waals surface area contributed by atoms with Crippen molar-refractivity contribution in [2.24, 2.45) is 0 Å². The largest absolute Gasteiger partial charge is 0.361 e. The third-order valence-electron chi connectivity index (χ3n) is 1.64. The van der Waals surface area contributed by atoms with Gasteiger partial charge < -0.3 is 9.05 Å². The molecule has 14 heavy (non-hydrogen) atoms. The summed E-state index contributed by atoms with van der Waals surface area (Å²) in [6.07, 6.45) is 0. The van der Waals surface area contributed by atoms with Crippen LogP contribution in [-0.4, -0.2) is 14.2 Å². The molecule has 0 bridgehead atoms. The zero-order valence-corrected chi connectivity index (χ0v) is 8.55. The van der Waals surface area contributed by atoms with Gasteiger partial charge in [0.05, 0.1) is 5.30 Å². The highest BCUT2D eigenvalue weighted by Crippen LogP contribution is 2.45. The fraction of sp³-hybridized carbons (Fsp3) is 0.250. The number of benzene rings is 1. The Morgan fingerprint density at radius 2 is 1.50 bits per heavy atom. The molecular formula is C8H9F2O3P. The third-order valence-corrected chi connectivity index (χ3v) is 3.50. The molecule has 0 heterocycles. The minimum atomic E-state index is -3.57. The first-order chi connectivity index (χ1) is 6.51. The van der Waals surface area contributed by atoms with Gasteiger partial charge in [0.25, 0.3) is 0 Å². The Hall–Kier alpha value is -0.770. The lowest BCUT2D eigenvalue weighted by atomic mass is 10.3. The first-order valence-electron chi connectivity index (χ1n) is 3.70. The Bertz CT molecular complexity index is 353. The van der Waals surface area contributed by atoms with E-state index >= 15 is 0 Å². The molecule has 0 fully saturated rings. The molecule has 0 amide bonds. The van der Waals surface area contributed by atoms with Crippen molar-refractivity contribution in [2.45, 2.75) is 0 Å². The van der Waals surface area contributed by atoms with Crippen molar-refractivity contribution in [3.8, 4) is 0 Å². The van der Waals surface area contributed by atoms with Crippen LogP contribution in [-0.2, 0) is 13.6 Å². The van der Waals surface area contributed by atoms with Gasteiger partial charge in [0.1, 0.15) is 11.6 Å². The second-order valence-electron chi connectivity index (χ2n) is 2.49. The van der Waals surface area contributed by atoms with Gasteiger partial charge in [-0.25, -0.2) is 8.78 Å². The second kappa shape index (κ2) is 4.17. The van der Waals surface area contributed by atoms with Gasteiger partial charge in [0.2, 0.25) is 0 Å². The van der Waals surface area contributed by atoms with E-state index in [0.717, 1.165) is 26.4 Å². The molecule has 78 valence electrons. The Balaban J connectivity index is 3.24. The normalized spacial score (nSPS) is 11.7. The van der Waals surface area contributed by atoms with Gasteiger partial charge in [-0.2, -0.15) is 0 Å². The smallest absolute Gasteiger partial charge is 0.309 e. The van der Waals surface area contributed by atoms with E-state index in [4.69, 9.17) is 0 Å². The lowest BCUT2D eigenvalue weighted by Gasteiger charge is -2.13. The first-order valence-corrected chi connectivity index (χ1v) is 5.24. The van der Waals surface area contributed by atoms with Crippen LogP contribution < -0.4 is 5.30 Å². The van der Waals surface area contributed by atoms with Gasteiger partial charge in [0, 0.05) is 20.3 Å². The van der Waals surface area contributed by atoms with Crippen LogP contribution in [0.1, 0.15) is 0 Å². The summed E-state index contributed by atoms with van der Waals surface area (Å²) in [5.74, 6) is -1.65. The summed E-state index contributed by atoms with van der Waals surface area (Å²) in [5, 5.41) is -0.139. The van der Waals surface area contributed by atoms with Crippen LogP contribution in [0, 0.1) is 11.6 Å². The van der Waals surface area contributed by atoms with E-state index in [9.17, 15) is 13.3 Å². The van der Waals surface area contributed by atoms with Gasteiger partial charge >= 0.3 is 7.60 Å². The quantitative estimate of drug-likeness (QED) is 0.734. The van der Waals surface area contributed by atoms with Crippen LogP contribution in [0.2, 0.25) is 0 Å². The zero-order chi connectivity index (χ0) is 10.8. The molecule has 0 aliphatic rings. The highest BCUT2D eigenvalue weighted by atomic mass is 31.2. The fourth-order valence-electron chi connectivity index (χ4n) is 0.983. The van der Waals surface area contributed by atoms with Crippen LogP contribution in [0.15, 0.2) is 18.2 Å². The fourth-order valence-corrected chi connectivity index (χ4v) is 2.12. The van der Waals surface area contributed by atoms with Gasteiger partial charge in [-0.1, -0.05) is 0 Å². The molecule has 0 unspecified atom stereocenters. The van der Waals surface area contributed by atoms with Gasteiger partial charge in [-0.3, -0.25) is 4.57 Å². The summed E-state index contributed by atoms with van der Waals surface area (Å²) in [4.78, 5) is 0. The molecular weight excluding hydrogens is 213 g/mol. The van der Waals surface area contributed by atoms with E-state index in [2.05, 4.69) is 9.05 Å². The molecule has 1 rings (SSSR count). The number of hydrogen-bond acceptors (Lipinski definition) is 3. The molecule has 1 aromatic rings. The molecule has 0 atom stereocenters. The molecule has 0 aromatic heterocycles.